The average Bonchev–Trinajstić information content (AvgIpc) is 2.92. The summed E-state index contributed by atoms with van der Waals surface area (Å²) in [4.78, 5) is 23.7. The van der Waals surface area contributed by atoms with Gasteiger partial charge in [-0.3, -0.25) is 4.79 Å². The molecule has 1 atom stereocenters. The monoisotopic (exact) mass is 295 g/mol. The van der Waals surface area contributed by atoms with Gasteiger partial charge in [-0.2, -0.15) is 0 Å². The Kier molecular flexibility index (Phi) is 5.31. The lowest BCUT2D eigenvalue weighted by Crippen LogP contribution is -2.32. The van der Waals surface area contributed by atoms with Gasteiger partial charge in [-0.1, -0.05) is 0 Å². The molecule has 1 aliphatic rings. The normalized spacial score (nSPS) is 19.1. The van der Waals surface area contributed by atoms with E-state index in [1.165, 1.54) is 17.4 Å². The molecule has 2 rings (SSSR count). The predicted octanol–water partition coefficient (Wildman–Crippen LogP) is 2.00. The standard InChI is InChI=1S/C14H17NO4S/c16-13(17)6-4-11-3-5-12(20-11)14(18)15-8-10-2-1-7-19-9-10/h3-6,10H,1-2,7-9H2,(H,15,18)(H,16,17). The van der Waals surface area contributed by atoms with E-state index < -0.39 is 5.97 Å². The average molecular weight is 295 g/mol. The molecule has 1 fully saturated rings. The van der Waals surface area contributed by atoms with Crippen LogP contribution in [0.3, 0.4) is 0 Å². The molecule has 0 aliphatic carbocycles. The lowest BCUT2D eigenvalue weighted by atomic mass is 10.0. The number of ether oxygens (including phenoxy) is 1. The van der Waals surface area contributed by atoms with Crippen LogP contribution in [-0.4, -0.2) is 36.7 Å². The number of carbonyl (C=O) groups is 2. The number of thiophene rings is 1. The van der Waals surface area contributed by atoms with E-state index in [0.29, 0.717) is 23.9 Å². The minimum Gasteiger partial charge on any atom is -0.478 e. The summed E-state index contributed by atoms with van der Waals surface area (Å²) in [5.74, 6) is -0.726. The molecule has 1 amide bonds. The number of nitrogens with one attached hydrogen (secondary N) is 1. The molecule has 0 spiro atoms. The molecule has 0 radical (unpaired) electrons. The van der Waals surface area contributed by atoms with Gasteiger partial charge < -0.3 is 15.2 Å². The van der Waals surface area contributed by atoms with Gasteiger partial charge in [-0.05, 0) is 37.0 Å². The number of hydrogen-bond acceptors (Lipinski definition) is 4. The number of carbonyl (C=O) groups excluding carboxylic acids is 1. The Labute approximate surface area is 121 Å². The molecular formula is C14H17NO4S. The molecule has 6 heteroatoms. The van der Waals surface area contributed by atoms with Crippen molar-refractivity contribution in [2.75, 3.05) is 19.8 Å². The first-order valence-electron chi connectivity index (χ1n) is 6.52. The second-order valence-electron chi connectivity index (χ2n) is 4.67. The fourth-order valence-electron chi connectivity index (χ4n) is 2.01. The van der Waals surface area contributed by atoms with E-state index in [1.807, 2.05) is 0 Å². The van der Waals surface area contributed by atoms with Crippen LogP contribution in [0, 0.1) is 5.92 Å². The molecule has 2 heterocycles. The van der Waals surface area contributed by atoms with Crippen LogP contribution in [0.15, 0.2) is 18.2 Å². The van der Waals surface area contributed by atoms with Crippen LogP contribution in [0.2, 0.25) is 0 Å². The summed E-state index contributed by atoms with van der Waals surface area (Å²) in [5, 5.41) is 11.4. The third-order valence-electron chi connectivity index (χ3n) is 3.05. The Morgan fingerprint density at radius 2 is 2.35 bits per heavy atom. The molecule has 20 heavy (non-hydrogen) atoms. The Morgan fingerprint density at radius 3 is 3.05 bits per heavy atom. The fraction of sp³-hybridized carbons (Fsp3) is 0.429. The molecule has 0 bridgehead atoms. The van der Waals surface area contributed by atoms with Crippen molar-refractivity contribution in [3.8, 4) is 0 Å². The second-order valence-corrected chi connectivity index (χ2v) is 5.78. The largest absolute Gasteiger partial charge is 0.478 e. The summed E-state index contributed by atoms with van der Waals surface area (Å²) >= 11 is 1.28. The zero-order valence-electron chi connectivity index (χ0n) is 11.0. The van der Waals surface area contributed by atoms with Crippen molar-refractivity contribution in [2.24, 2.45) is 5.92 Å². The molecule has 5 nitrogen and oxygen atoms in total. The van der Waals surface area contributed by atoms with Crippen LogP contribution >= 0.6 is 11.3 Å². The van der Waals surface area contributed by atoms with Gasteiger partial charge in [0.05, 0.1) is 11.5 Å². The van der Waals surface area contributed by atoms with Crippen molar-refractivity contribution in [1.82, 2.24) is 5.32 Å². The van der Waals surface area contributed by atoms with E-state index in [4.69, 9.17) is 9.84 Å². The SMILES string of the molecule is O=C(O)C=Cc1ccc(C(=O)NCC2CCCOC2)s1. The summed E-state index contributed by atoms with van der Waals surface area (Å²) in [6.45, 7) is 2.14. The molecule has 1 aliphatic heterocycles. The lowest BCUT2D eigenvalue weighted by molar-refractivity contribution is -0.131. The first-order chi connectivity index (χ1) is 9.65. The van der Waals surface area contributed by atoms with Crippen LogP contribution in [0.5, 0.6) is 0 Å². The van der Waals surface area contributed by atoms with Gasteiger partial charge in [0.25, 0.3) is 5.91 Å². The molecule has 108 valence electrons. The molecule has 1 saturated heterocycles. The molecule has 0 aromatic carbocycles. The van der Waals surface area contributed by atoms with E-state index in [2.05, 4.69) is 5.32 Å². The van der Waals surface area contributed by atoms with Gasteiger partial charge in [0.15, 0.2) is 0 Å². The molecule has 2 N–H and O–H groups in total. The quantitative estimate of drug-likeness (QED) is 0.815. The van der Waals surface area contributed by atoms with E-state index in [1.54, 1.807) is 12.1 Å². The van der Waals surface area contributed by atoms with Crippen LogP contribution in [0.4, 0.5) is 0 Å². The van der Waals surface area contributed by atoms with Crippen LogP contribution in [-0.2, 0) is 9.53 Å². The highest BCUT2D eigenvalue weighted by molar-refractivity contribution is 7.14. The van der Waals surface area contributed by atoms with Crippen molar-refractivity contribution >= 4 is 29.3 Å². The smallest absolute Gasteiger partial charge is 0.328 e. The second kappa shape index (κ2) is 7.21. The number of hydrogen-bond donors (Lipinski definition) is 2. The molecule has 1 aromatic rings. The minimum atomic E-state index is -0.998. The predicted molar refractivity (Wildman–Crippen MR) is 76.9 cm³/mol. The molecule has 1 aromatic heterocycles. The van der Waals surface area contributed by atoms with E-state index in [0.717, 1.165) is 30.4 Å². The van der Waals surface area contributed by atoms with Gasteiger partial charge in [0.1, 0.15) is 0 Å². The number of aliphatic carboxylic acids is 1. The Balaban J connectivity index is 1.84. The van der Waals surface area contributed by atoms with Crippen molar-refractivity contribution < 1.29 is 19.4 Å². The first-order valence-corrected chi connectivity index (χ1v) is 7.33. The van der Waals surface area contributed by atoms with Crippen LogP contribution in [0.25, 0.3) is 6.08 Å². The number of rotatable bonds is 5. The fourth-order valence-corrected chi connectivity index (χ4v) is 2.84. The maximum atomic E-state index is 12.0. The number of amides is 1. The van der Waals surface area contributed by atoms with E-state index in [9.17, 15) is 9.59 Å². The summed E-state index contributed by atoms with van der Waals surface area (Å²) in [6, 6.07) is 3.45. The summed E-state index contributed by atoms with van der Waals surface area (Å²) in [7, 11) is 0. The maximum absolute atomic E-state index is 12.0. The maximum Gasteiger partial charge on any atom is 0.328 e. The summed E-state index contributed by atoms with van der Waals surface area (Å²) in [5.41, 5.74) is 0. The van der Waals surface area contributed by atoms with Crippen molar-refractivity contribution in [1.29, 1.82) is 0 Å². The van der Waals surface area contributed by atoms with E-state index >= 15 is 0 Å². The zero-order chi connectivity index (χ0) is 14.4. The summed E-state index contributed by atoms with van der Waals surface area (Å²) in [6.07, 6.45) is 4.67. The van der Waals surface area contributed by atoms with Crippen LogP contribution in [0.1, 0.15) is 27.4 Å². The lowest BCUT2D eigenvalue weighted by Gasteiger charge is -2.21. The Hall–Kier alpha value is -1.66. The highest BCUT2D eigenvalue weighted by Gasteiger charge is 2.16. The molecule has 0 saturated carbocycles. The van der Waals surface area contributed by atoms with Crippen molar-refractivity contribution in [3.63, 3.8) is 0 Å². The minimum absolute atomic E-state index is 0.115. The third kappa shape index (κ3) is 4.47. The van der Waals surface area contributed by atoms with Gasteiger partial charge in [-0.15, -0.1) is 11.3 Å². The highest BCUT2D eigenvalue weighted by atomic mass is 32.1. The molecular weight excluding hydrogens is 278 g/mol. The number of carboxylic acid groups (broad SMARTS) is 1. The van der Waals surface area contributed by atoms with Gasteiger partial charge >= 0.3 is 5.97 Å². The van der Waals surface area contributed by atoms with Gasteiger partial charge in [-0.25, -0.2) is 4.79 Å². The Morgan fingerprint density at radius 1 is 1.50 bits per heavy atom. The van der Waals surface area contributed by atoms with Crippen molar-refractivity contribution in [3.05, 3.63) is 28.0 Å². The van der Waals surface area contributed by atoms with Gasteiger partial charge in [0.2, 0.25) is 0 Å². The van der Waals surface area contributed by atoms with Crippen LogP contribution < -0.4 is 5.32 Å². The summed E-state index contributed by atoms with van der Waals surface area (Å²) < 4.78 is 5.37. The number of carboxylic acids is 1. The third-order valence-corrected chi connectivity index (χ3v) is 4.10. The zero-order valence-corrected chi connectivity index (χ0v) is 11.8. The Bertz CT molecular complexity index is 503. The highest BCUT2D eigenvalue weighted by Crippen LogP contribution is 2.18. The first kappa shape index (κ1) is 14.7. The topological polar surface area (TPSA) is 75.6 Å². The van der Waals surface area contributed by atoms with Crippen molar-refractivity contribution in [2.45, 2.75) is 12.8 Å². The van der Waals surface area contributed by atoms with E-state index in [-0.39, 0.29) is 5.91 Å². The van der Waals surface area contributed by atoms with Gasteiger partial charge in [0, 0.05) is 24.1 Å². The molecule has 1 unspecified atom stereocenters.